The van der Waals surface area contributed by atoms with Gasteiger partial charge >= 0.3 is 0 Å². The fraction of sp³-hybridized carbons (Fsp3) is 0.333. The average molecular weight is 419 g/mol. The Morgan fingerprint density at radius 3 is 2.17 bits per heavy atom. The number of hydrogen-bond donors (Lipinski definition) is 0. The minimum atomic E-state index is -3.08. The molecule has 0 spiro atoms. The third-order valence-corrected chi connectivity index (χ3v) is 6.65. The fourth-order valence-electron chi connectivity index (χ4n) is 3.36. The van der Waals surface area contributed by atoms with Crippen LogP contribution >= 0.6 is 0 Å². The van der Waals surface area contributed by atoms with Crippen LogP contribution in [0.3, 0.4) is 0 Å². The molecule has 1 aliphatic heterocycles. The van der Waals surface area contributed by atoms with E-state index in [0.29, 0.717) is 29.8 Å². The third kappa shape index (κ3) is 5.20. The molecule has 1 fully saturated rings. The number of nitrogens with zero attached hydrogens (tertiary/aromatic N) is 1. The summed E-state index contributed by atoms with van der Waals surface area (Å²) in [5.41, 5.74) is 0.794. The Bertz CT molecular complexity index is 987. The fourth-order valence-corrected chi connectivity index (χ4v) is 5.09. The normalized spacial score (nSPS) is 17.7. The number of likely N-dealkylation sites (N-methyl/N-ethyl adjacent to an activating group) is 1. The number of carbonyl (C=O) groups excluding carboxylic acids is 2. The number of carbonyl (C=O) groups is 2. The molecule has 0 N–H and O–H groups in total. The molecular weight excluding hydrogens is 397 g/mol. The number of hydrogen-bond acceptors (Lipinski definition) is 5. The van der Waals surface area contributed by atoms with Gasteiger partial charge in [0.25, 0.3) is 5.91 Å². The van der Waals surface area contributed by atoms with Crippen LogP contribution in [-0.4, -0.2) is 55.7 Å². The minimum absolute atomic E-state index is 0.00717. The molecule has 2 aromatic rings. The zero-order chi connectivity index (χ0) is 21.0. The number of ether oxygens (including phenoxy) is 1. The van der Waals surface area contributed by atoms with Crippen molar-refractivity contribution < 1.29 is 27.1 Å². The molecule has 0 radical (unpaired) electrons. The van der Waals surface area contributed by atoms with Crippen LogP contribution in [0.1, 0.15) is 29.3 Å². The Morgan fingerprint density at radius 1 is 1.07 bits per heavy atom. The van der Waals surface area contributed by atoms with Crippen molar-refractivity contribution in [3.63, 3.8) is 0 Å². The molecule has 3 rings (SSSR count). The molecule has 0 aliphatic carbocycles. The van der Waals surface area contributed by atoms with Gasteiger partial charge in [-0.1, -0.05) is 0 Å². The first kappa shape index (κ1) is 21.0. The smallest absolute Gasteiger partial charge is 0.260 e. The van der Waals surface area contributed by atoms with Crippen molar-refractivity contribution >= 4 is 21.5 Å². The lowest BCUT2D eigenvalue weighted by atomic mass is 10.0. The summed E-state index contributed by atoms with van der Waals surface area (Å²) in [5.74, 6) is -0.415. The number of amides is 1. The Kier molecular flexibility index (Phi) is 6.32. The summed E-state index contributed by atoms with van der Waals surface area (Å²) in [5, 5.41) is 0. The van der Waals surface area contributed by atoms with Crippen LogP contribution in [0.5, 0.6) is 5.75 Å². The number of sulfone groups is 1. The highest BCUT2D eigenvalue weighted by molar-refractivity contribution is 7.91. The summed E-state index contributed by atoms with van der Waals surface area (Å²) in [6.45, 7) is 2.00. The molecule has 1 heterocycles. The molecule has 1 atom stereocenters. The monoisotopic (exact) mass is 419 g/mol. The minimum Gasteiger partial charge on any atom is -0.484 e. The van der Waals surface area contributed by atoms with Gasteiger partial charge in [-0.2, -0.15) is 0 Å². The summed E-state index contributed by atoms with van der Waals surface area (Å²) in [7, 11) is -3.08. The number of benzene rings is 2. The molecule has 0 saturated carbocycles. The van der Waals surface area contributed by atoms with Crippen molar-refractivity contribution in [2.45, 2.75) is 19.4 Å². The third-order valence-electron chi connectivity index (χ3n) is 4.90. The zero-order valence-corrected chi connectivity index (χ0v) is 16.8. The van der Waals surface area contributed by atoms with Crippen molar-refractivity contribution in [2.75, 3.05) is 24.7 Å². The molecule has 0 unspecified atom stereocenters. The van der Waals surface area contributed by atoms with Crippen molar-refractivity contribution in [3.05, 3.63) is 65.5 Å². The van der Waals surface area contributed by atoms with E-state index in [2.05, 4.69) is 0 Å². The van der Waals surface area contributed by atoms with Gasteiger partial charge in [-0.05, 0) is 61.9 Å². The van der Waals surface area contributed by atoms with Crippen molar-refractivity contribution in [3.8, 4) is 5.75 Å². The van der Waals surface area contributed by atoms with Crippen molar-refractivity contribution in [2.24, 2.45) is 0 Å². The van der Waals surface area contributed by atoms with E-state index >= 15 is 0 Å². The van der Waals surface area contributed by atoms with Gasteiger partial charge in [0.05, 0.1) is 11.5 Å². The summed E-state index contributed by atoms with van der Waals surface area (Å²) in [4.78, 5) is 26.4. The van der Waals surface area contributed by atoms with Gasteiger partial charge in [-0.25, -0.2) is 12.8 Å². The zero-order valence-electron chi connectivity index (χ0n) is 16.0. The lowest BCUT2D eigenvalue weighted by Gasteiger charge is -2.26. The van der Waals surface area contributed by atoms with Gasteiger partial charge in [0.15, 0.2) is 22.2 Å². The second-order valence-electron chi connectivity index (χ2n) is 6.89. The van der Waals surface area contributed by atoms with Gasteiger partial charge in [0, 0.05) is 23.7 Å². The maximum Gasteiger partial charge on any atom is 0.260 e. The van der Waals surface area contributed by atoms with E-state index < -0.39 is 15.7 Å². The second kappa shape index (κ2) is 8.73. The molecular formula is C21H22FNO5S. The van der Waals surface area contributed by atoms with Gasteiger partial charge in [-0.15, -0.1) is 0 Å². The first-order valence-corrected chi connectivity index (χ1v) is 11.1. The first-order valence-electron chi connectivity index (χ1n) is 9.32. The molecule has 6 nitrogen and oxygen atoms in total. The molecule has 0 bridgehead atoms. The summed E-state index contributed by atoms with van der Waals surface area (Å²) >= 11 is 0. The van der Waals surface area contributed by atoms with E-state index in [1.165, 1.54) is 29.2 Å². The predicted octanol–water partition coefficient (Wildman–Crippen LogP) is 2.47. The van der Waals surface area contributed by atoms with Crippen molar-refractivity contribution in [1.29, 1.82) is 0 Å². The molecule has 1 saturated heterocycles. The van der Waals surface area contributed by atoms with Gasteiger partial charge < -0.3 is 9.64 Å². The first-order chi connectivity index (χ1) is 13.8. The van der Waals surface area contributed by atoms with Crippen LogP contribution < -0.4 is 4.74 Å². The van der Waals surface area contributed by atoms with E-state index in [1.807, 2.05) is 0 Å². The summed E-state index contributed by atoms with van der Waals surface area (Å²) < 4.78 is 41.8. The Labute approximate surface area is 169 Å². The maximum atomic E-state index is 13.0. The number of rotatable bonds is 7. The van der Waals surface area contributed by atoms with Gasteiger partial charge in [-0.3, -0.25) is 9.59 Å². The average Bonchev–Trinajstić information content (AvgIpc) is 3.06. The lowest BCUT2D eigenvalue weighted by molar-refractivity contribution is -0.135. The Hall–Kier alpha value is -2.74. The van der Waals surface area contributed by atoms with Crippen LogP contribution in [0.4, 0.5) is 4.39 Å². The Balaban J connectivity index is 1.59. The molecule has 1 amide bonds. The van der Waals surface area contributed by atoms with Crippen molar-refractivity contribution in [1.82, 2.24) is 4.90 Å². The van der Waals surface area contributed by atoms with Crippen LogP contribution in [0.25, 0.3) is 0 Å². The van der Waals surface area contributed by atoms with Crippen LogP contribution in [0.15, 0.2) is 48.5 Å². The number of ketones is 1. The number of halogens is 1. The molecule has 154 valence electrons. The maximum absolute atomic E-state index is 13.0. The molecule has 1 aliphatic rings. The standard InChI is InChI=1S/C21H22FNO5S/c1-2-23(18-11-12-29(26,27)14-18)20(24)13-28-19-9-5-16(6-10-19)21(25)15-3-7-17(22)8-4-15/h3-10,18H,2,11-14H2,1H3/t18-/m1/s1. The second-order valence-corrected chi connectivity index (χ2v) is 9.11. The Morgan fingerprint density at radius 2 is 1.66 bits per heavy atom. The van der Waals surface area contributed by atoms with Gasteiger partial charge in [0.2, 0.25) is 0 Å². The van der Waals surface area contributed by atoms with E-state index in [9.17, 15) is 22.4 Å². The topological polar surface area (TPSA) is 80.8 Å². The summed E-state index contributed by atoms with van der Waals surface area (Å²) in [6.07, 6.45) is 0.447. The van der Waals surface area contributed by atoms with Gasteiger partial charge in [0.1, 0.15) is 11.6 Å². The highest BCUT2D eigenvalue weighted by Crippen LogP contribution is 2.19. The van der Waals surface area contributed by atoms with Crippen LogP contribution in [0, 0.1) is 5.82 Å². The molecule has 8 heteroatoms. The molecule has 29 heavy (non-hydrogen) atoms. The van der Waals surface area contributed by atoms with Crippen LogP contribution in [-0.2, 0) is 14.6 Å². The van der Waals surface area contributed by atoms with E-state index in [-0.39, 0.29) is 35.8 Å². The summed E-state index contributed by atoms with van der Waals surface area (Å²) in [6, 6.07) is 11.3. The highest BCUT2D eigenvalue weighted by Gasteiger charge is 2.33. The van der Waals surface area contributed by atoms with E-state index in [1.54, 1.807) is 31.2 Å². The SMILES string of the molecule is CCN(C(=O)COc1ccc(C(=O)c2ccc(F)cc2)cc1)[C@@H]1CCS(=O)(=O)C1. The lowest BCUT2D eigenvalue weighted by Crippen LogP contribution is -2.43. The quantitative estimate of drug-likeness (QED) is 0.644. The predicted molar refractivity (Wildman–Crippen MR) is 106 cm³/mol. The van der Waals surface area contributed by atoms with E-state index in [0.717, 1.165) is 0 Å². The van der Waals surface area contributed by atoms with Crippen LogP contribution in [0.2, 0.25) is 0 Å². The molecule has 0 aromatic heterocycles. The highest BCUT2D eigenvalue weighted by atomic mass is 32.2. The largest absolute Gasteiger partial charge is 0.484 e. The molecule has 2 aromatic carbocycles. The van der Waals surface area contributed by atoms with E-state index in [4.69, 9.17) is 4.74 Å².